The molecule has 0 aliphatic heterocycles. The molecule has 110 valence electrons. The lowest BCUT2D eigenvalue weighted by Gasteiger charge is -2.12. The predicted molar refractivity (Wildman–Crippen MR) is 78.8 cm³/mol. The monoisotopic (exact) mass is 307 g/mol. The number of carbonyl (C=O) groups is 1. The average Bonchev–Trinajstić information content (AvgIpc) is 2.72. The van der Waals surface area contributed by atoms with Crippen LogP contribution in [0.2, 0.25) is 5.02 Å². The van der Waals surface area contributed by atoms with E-state index in [0.717, 1.165) is 0 Å². The summed E-state index contributed by atoms with van der Waals surface area (Å²) in [5, 5.41) is 15.6. The largest absolute Gasteiger partial charge is 0.312 e. The quantitative estimate of drug-likeness (QED) is 0.492. The second-order valence-electron chi connectivity index (χ2n) is 4.77. The molecule has 1 heterocycles. The average molecular weight is 308 g/mol. The number of rotatable bonds is 4. The van der Waals surface area contributed by atoms with Gasteiger partial charge in [-0.2, -0.15) is 5.10 Å². The van der Waals surface area contributed by atoms with Crippen LogP contribution in [0.15, 0.2) is 24.3 Å². The number of aromatic nitrogens is 2. The molecule has 0 saturated carbocycles. The molecule has 2 rings (SSSR count). The second kappa shape index (κ2) is 5.65. The maximum atomic E-state index is 12.5. The molecule has 6 nitrogen and oxygen atoms in total. The number of aryl methyl sites for hydroxylation is 1. The van der Waals surface area contributed by atoms with Crippen LogP contribution < -0.4 is 0 Å². The number of carbonyl (C=O) groups excluding carboxylic acids is 1. The summed E-state index contributed by atoms with van der Waals surface area (Å²) in [6.07, 6.45) is 0. The molecule has 1 aromatic carbocycles. The van der Waals surface area contributed by atoms with Gasteiger partial charge in [0.05, 0.1) is 4.92 Å². The molecule has 7 heteroatoms. The first-order valence-electron chi connectivity index (χ1n) is 6.32. The van der Waals surface area contributed by atoms with E-state index in [1.807, 2.05) is 0 Å². The van der Waals surface area contributed by atoms with E-state index in [2.05, 4.69) is 5.10 Å². The molecule has 2 aromatic rings. The fourth-order valence-electron chi connectivity index (χ4n) is 2.29. The molecule has 0 unspecified atom stereocenters. The van der Waals surface area contributed by atoms with Gasteiger partial charge in [-0.25, -0.2) is 0 Å². The van der Waals surface area contributed by atoms with Gasteiger partial charge in [0, 0.05) is 10.6 Å². The van der Waals surface area contributed by atoms with E-state index in [0.29, 0.717) is 22.0 Å². The Kier molecular flexibility index (Phi) is 4.09. The van der Waals surface area contributed by atoms with Gasteiger partial charge in [0.2, 0.25) is 0 Å². The van der Waals surface area contributed by atoms with Crippen LogP contribution in [0.25, 0.3) is 0 Å². The van der Waals surface area contributed by atoms with Crippen LogP contribution >= 0.6 is 11.6 Å². The Morgan fingerprint density at radius 3 is 2.62 bits per heavy atom. The molecule has 1 aromatic heterocycles. The van der Waals surface area contributed by atoms with Crippen molar-refractivity contribution >= 4 is 23.1 Å². The van der Waals surface area contributed by atoms with Gasteiger partial charge < -0.3 is 0 Å². The third-order valence-corrected chi connectivity index (χ3v) is 3.56. The fraction of sp³-hybridized carbons (Fsp3) is 0.286. The van der Waals surface area contributed by atoms with Gasteiger partial charge in [-0.15, -0.1) is 0 Å². The summed E-state index contributed by atoms with van der Waals surface area (Å²) in [5.41, 5.74) is 1.05. The molecule has 0 aliphatic carbocycles. The number of Topliss-reactive ketones (excluding diaryl/α,β-unsaturated/α-hetero) is 1. The van der Waals surface area contributed by atoms with Crippen LogP contribution in [0.1, 0.15) is 34.7 Å². The van der Waals surface area contributed by atoms with Gasteiger partial charge in [0.25, 0.3) is 0 Å². The molecule has 0 saturated heterocycles. The van der Waals surface area contributed by atoms with Crippen molar-refractivity contribution in [1.82, 2.24) is 9.78 Å². The zero-order valence-electron chi connectivity index (χ0n) is 11.8. The number of benzene rings is 1. The number of nitro groups is 1. The zero-order chi connectivity index (χ0) is 15.7. The highest BCUT2D eigenvalue weighted by atomic mass is 35.5. The first kappa shape index (κ1) is 15.2. The second-order valence-corrected chi connectivity index (χ2v) is 5.21. The first-order valence-corrected chi connectivity index (χ1v) is 6.70. The Bertz CT molecular complexity index is 724. The topological polar surface area (TPSA) is 78.0 Å². The fourth-order valence-corrected chi connectivity index (χ4v) is 2.48. The summed E-state index contributed by atoms with van der Waals surface area (Å²) in [4.78, 5) is 23.0. The molecule has 21 heavy (non-hydrogen) atoms. The number of nitrogens with zero attached hydrogens (tertiary/aromatic N) is 3. The van der Waals surface area contributed by atoms with Crippen molar-refractivity contribution in [2.75, 3.05) is 0 Å². The van der Waals surface area contributed by atoms with E-state index < -0.39 is 11.0 Å². The molecule has 0 spiro atoms. The minimum absolute atomic E-state index is 0.0549. The normalized spacial score (nSPS) is 12.2. The Balaban J connectivity index is 2.41. The van der Waals surface area contributed by atoms with Gasteiger partial charge in [-0.1, -0.05) is 23.7 Å². The van der Waals surface area contributed by atoms with Crippen LogP contribution in [0.3, 0.4) is 0 Å². The molecule has 0 fully saturated rings. The Morgan fingerprint density at radius 1 is 1.43 bits per heavy atom. The van der Waals surface area contributed by atoms with Crippen molar-refractivity contribution in [2.45, 2.75) is 26.8 Å². The van der Waals surface area contributed by atoms with E-state index in [9.17, 15) is 14.9 Å². The van der Waals surface area contributed by atoms with Crippen molar-refractivity contribution < 1.29 is 9.72 Å². The van der Waals surface area contributed by atoms with Crippen LogP contribution in [-0.4, -0.2) is 20.5 Å². The minimum Gasteiger partial charge on any atom is -0.292 e. The molecular weight excluding hydrogens is 294 g/mol. The molecule has 0 amide bonds. The lowest BCUT2D eigenvalue weighted by molar-refractivity contribution is -0.386. The van der Waals surface area contributed by atoms with Crippen molar-refractivity contribution in [3.8, 4) is 0 Å². The van der Waals surface area contributed by atoms with Crippen molar-refractivity contribution in [1.29, 1.82) is 0 Å². The van der Waals surface area contributed by atoms with Gasteiger partial charge in [0.15, 0.2) is 5.78 Å². The van der Waals surface area contributed by atoms with E-state index in [4.69, 9.17) is 11.6 Å². The van der Waals surface area contributed by atoms with Gasteiger partial charge in [0.1, 0.15) is 17.4 Å². The van der Waals surface area contributed by atoms with E-state index in [-0.39, 0.29) is 11.5 Å². The van der Waals surface area contributed by atoms with Crippen molar-refractivity contribution in [3.05, 3.63) is 56.4 Å². The summed E-state index contributed by atoms with van der Waals surface area (Å²) in [5.74, 6) is -0.196. The highest BCUT2D eigenvalue weighted by Gasteiger charge is 2.27. The molecule has 0 bridgehead atoms. The lowest BCUT2D eigenvalue weighted by Crippen LogP contribution is -2.19. The standard InChI is InChI=1S/C14H14ClN3O3/c1-8-13(18(20)21)9(2)17(16-8)10(3)14(19)11-5-4-6-12(15)7-11/h4-7,10H,1-3H3/t10-/m0/s1. The number of hydrogen-bond donors (Lipinski definition) is 0. The first-order chi connectivity index (χ1) is 9.82. The maximum absolute atomic E-state index is 12.5. The molecule has 0 aliphatic rings. The summed E-state index contributed by atoms with van der Waals surface area (Å²) in [6.45, 7) is 4.80. The van der Waals surface area contributed by atoms with E-state index >= 15 is 0 Å². The van der Waals surface area contributed by atoms with Crippen molar-refractivity contribution in [2.24, 2.45) is 0 Å². The van der Waals surface area contributed by atoms with Gasteiger partial charge in [-0.3, -0.25) is 19.6 Å². The summed E-state index contributed by atoms with van der Waals surface area (Å²) in [6, 6.07) is 5.95. The Labute approximate surface area is 126 Å². The minimum atomic E-state index is -0.643. The number of halogens is 1. The van der Waals surface area contributed by atoms with Gasteiger partial charge in [-0.05, 0) is 32.9 Å². The molecule has 0 N–H and O–H groups in total. The predicted octanol–water partition coefficient (Wildman–Crippen LogP) is 3.51. The summed E-state index contributed by atoms with van der Waals surface area (Å²) >= 11 is 5.88. The Hall–Kier alpha value is -2.21. The third kappa shape index (κ3) is 2.80. The molecule has 1 atom stereocenters. The van der Waals surface area contributed by atoms with Crippen LogP contribution in [-0.2, 0) is 0 Å². The summed E-state index contributed by atoms with van der Waals surface area (Å²) in [7, 11) is 0. The Morgan fingerprint density at radius 2 is 2.10 bits per heavy atom. The molecule has 0 radical (unpaired) electrons. The SMILES string of the molecule is Cc1nn([C@@H](C)C(=O)c2cccc(Cl)c2)c(C)c1[N+](=O)[O-]. The van der Waals surface area contributed by atoms with Crippen LogP contribution in [0.4, 0.5) is 5.69 Å². The lowest BCUT2D eigenvalue weighted by atomic mass is 10.1. The highest BCUT2D eigenvalue weighted by Crippen LogP contribution is 2.26. The van der Waals surface area contributed by atoms with E-state index in [1.165, 1.54) is 4.68 Å². The van der Waals surface area contributed by atoms with Gasteiger partial charge >= 0.3 is 5.69 Å². The highest BCUT2D eigenvalue weighted by molar-refractivity contribution is 6.31. The van der Waals surface area contributed by atoms with Crippen LogP contribution in [0.5, 0.6) is 0 Å². The zero-order valence-corrected chi connectivity index (χ0v) is 12.6. The number of ketones is 1. The van der Waals surface area contributed by atoms with E-state index in [1.54, 1.807) is 45.0 Å². The maximum Gasteiger partial charge on any atom is 0.312 e. The van der Waals surface area contributed by atoms with Crippen molar-refractivity contribution in [3.63, 3.8) is 0 Å². The van der Waals surface area contributed by atoms with Crippen LogP contribution in [0, 0.1) is 24.0 Å². The summed E-state index contributed by atoms with van der Waals surface area (Å²) < 4.78 is 1.39. The number of hydrogen-bond acceptors (Lipinski definition) is 4. The molecular formula is C14H14ClN3O3. The smallest absolute Gasteiger partial charge is 0.292 e. The third-order valence-electron chi connectivity index (χ3n) is 3.32.